The van der Waals surface area contributed by atoms with Gasteiger partial charge < -0.3 is 10.0 Å². The highest BCUT2D eigenvalue weighted by atomic mass is 16.3. The SMILES string of the molecule is CC(C)N(CCCO)C(=O)C1(c2ccccc2)CC1. The van der Waals surface area contributed by atoms with Gasteiger partial charge in [-0.25, -0.2) is 0 Å². The number of nitrogens with zero attached hydrogens (tertiary/aromatic N) is 1. The summed E-state index contributed by atoms with van der Waals surface area (Å²) in [6, 6.07) is 10.3. The molecular formula is C16H23NO2. The summed E-state index contributed by atoms with van der Waals surface area (Å²) in [5.74, 6) is 0.224. The van der Waals surface area contributed by atoms with E-state index in [1.807, 2.05) is 36.9 Å². The summed E-state index contributed by atoms with van der Waals surface area (Å²) in [4.78, 5) is 14.7. The number of amides is 1. The quantitative estimate of drug-likeness (QED) is 0.854. The molecule has 104 valence electrons. The Kier molecular flexibility index (Phi) is 4.25. The molecule has 0 unspecified atom stereocenters. The van der Waals surface area contributed by atoms with Gasteiger partial charge in [0.25, 0.3) is 0 Å². The lowest BCUT2D eigenvalue weighted by Gasteiger charge is -2.31. The van der Waals surface area contributed by atoms with E-state index in [0.29, 0.717) is 13.0 Å². The van der Waals surface area contributed by atoms with Gasteiger partial charge in [0, 0.05) is 19.2 Å². The fourth-order valence-electron chi connectivity index (χ4n) is 2.62. The number of benzene rings is 1. The van der Waals surface area contributed by atoms with E-state index in [2.05, 4.69) is 12.1 Å². The summed E-state index contributed by atoms with van der Waals surface area (Å²) >= 11 is 0. The topological polar surface area (TPSA) is 40.5 Å². The number of aliphatic hydroxyl groups is 1. The lowest BCUT2D eigenvalue weighted by Crippen LogP contribution is -2.44. The molecule has 1 aromatic rings. The van der Waals surface area contributed by atoms with Crippen molar-refractivity contribution in [3.8, 4) is 0 Å². The molecule has 3 heteroatoms. The molecular weight excluding hydrogens is 238 g/mol. The van der Waals surface area contributed by atoms with Crippen molar-refractivity contribution in [3.05, 3.63) is 35.9 Å². The number of hydrogen-bond donors (Lipinski definition) is 1. The van der Waals surface area contributed by atoms with Crippen LogP contribution in [0, 0.1) is 0 Å². The zero-order valence-electron chi connectivity index (χ0n) is 11.8. The van der Waals surface area contributed by atoms with Crippen LogP contribution in [-0.2, 0) is 10.2 Å². The summed E-state index contributed by atoms with van der Waals surface area (Å²) in [6.07, 6.45) is 2.53. The van der Waals surface area contributed by atoms with Crippen LogP contribution in [0.5, 0.6) is 0 Å². The van der Waals surface area contributed by atoms with Gasteiger partial charge in [-0.05, 0) is 38.7 Å². The highest BCUT2D eigenvalue weighted by Gasteiger charge is 2.53. The Morgan fingerprint density at radius 3 is 2.42 bits per heavy atom. The zero-order valence-corrected chi connectivity index (χ0v) is 11.8. The summed E-state index contributed by atoms with van der Waals surface area (Å²) in [5.41, 5.74) is 0.843. The molecule has 0 atom stereocenters. The van der Waals surface area contributed by atoms with Gasteiger partial charge in [0.05, 0.1) is 5.41 Å². The normalized spacial score (nSPS) is 16.4. The van der Waals surface area contributed by atoms with Crippen LogP contribution < -0.4 is 0 Å². The van der Waals surface area contributed by atoms with E-state index < -0.39 is 0 Å². The van der Waals surface area contributed by atoms with E-state index in [0.717, 1.165) is 18.4 Å². The number of carbonyl (C=O) groups is 1. The Morgan fingerprint density at radius 1 is 1.32 bits per heavy atom. The van der Waals surface area contributed by atoms with Crippen LogP contribution in [0.25, 0.3) is 0 Å². The minimum absolute atomic E-state index is 0.134. The van der Waals surface area contributed by atoms with E-state index in [9.17, 15) is 4.79 Å². The molecule has 1 N–H and O–H groups in total. The van der Waals surface area contributed by atoms with Crippen LogP contribution in [0.2, 0.25) is 0 Å². The third-order valence-corrected chi connectivity index (χ3v) is 3.93. The highest BCUT2D eigenvalue weighted by Crippen LogP contribution is 2.49. The van der Waals surface area contributed by atoms with Crippen LogP contribution in [0.3, 0.4) is 0 Å². The van der Waals surface area contributed by atoms with Crippen molar-refractivity contribution in [2.75, 3.05) is 13.2 Å². The van der Waals surface area contributed by atoms with Crippen LogP contribution in [-0.4, -0.2) is 35.1 Å². The van der Waals surface area contributed by atoms with Crippen LogP contribution >= 0.6 is 0 Å². The minimum atomic E-state index is -0.291. The molecule has 1 fully saturated rings. The van der Waals surface area contributed by atoms with Crippen molar-refractivity contribution >= 4 is 5.91 Å². The van der Waals surface area contributed by atoms with E-state index in [-0.39, 0.29) is 24.0 Å². The number of hydrogen-bond acceptors (Lipinski definition) is 2. The maximum absolute atomic E-state index is 12.8. The maximum Gasteiger partial charge on any atom is 0.233 e. The number of rotatable bonds is 6. The molecule has 0 spiro atoms. The Morgan fingerprint density at radius 2 is 1.95 bits per heavy atom. The first-order valence-electron chi connectivity index (χ1n) is 7.09. The Balaban J connectivity index is 2.17. The molecule has 2 rings (SSSR count). The first-order chi connectivity index (χ1) is 9.12. The zero-order chi connectivity index (χ0) is 13.9. The molecule has 0 bridgehead atoms. The van der Waals surface area contributed by atoms with E-state index in [1.54, 1.807) is 0 Å². The van der Waals surface area contributed by atoms with Crippen LogP contribution in [0.15, 0.2) is 30.3 Å². The molecule has 1 aliphatic rings. The number of aliphatic hydroxyl groups excluding tert-OH is 1. The van der Waals surface area contributed by atoms with Crippen molar-refractivity contribution in [3.63, 3.8) is 0 Å². The molecule has 3 nitrogen and oxygen atoms in total. The molecule has 0 aliphatic heterocycles. The summed E-state index contributed by atoms with van der Waals surface area (Å²) in [5, 5.41) is 8.98. The third-order valence-electron chi connectivity index (χ3n) is 3.93. The van der Waals surface area contributed by atoms with E-state index in [1.165, 1.54) is 0 Å². The van der Waals surface area contributed by atoms with Crippen LogP contribution in [0.1, 0.15) is 38.7 Å². The summed E-state index contributed by atoms with van der Waals surface area (Å²) in [6.45, 7) is 4.85. The third kappa shape index (κ3) is 2.81. The lowest BCUT2D eigenvalue weighted by molar-refractivity contribution is -0.135. The molecule has 1 aromatic carbocycles. The van der Waals surface area contributed by atoms with Crippen molar-refractivity contribution in [2.24, 2.45) is 0 Å². The highest BCUT2D eigenvalue weighted by molar-refractivity contribution is 5.91. The molecule has 0 radical (unpaired) electrons. The van der Waals surface area contributed by atoms with Crippen molar-refractivity contribution < 1.29 is 9.90 Å². The first kappa shape index (κ1) is 14.1. The standard InChI is InChI=1S/C16H23NO2/c1-13(2)17(11-6-12-18)15(19)16(9-10-16)14-7-4-3-5-8-14/h3-5,7-8,13,18H,6,9-12H2,1-2H3. The smallest absolute Gasteiger partial charge is 0.233 e. The predicted molar refractivity (Wildman–Crippen MR) is 75.9 cm³/mol. The second-order valence-corrected chi connectivity index (χ2v) is 5.62. The van der Waals surface area contributed by atoms with Crippen LogP contribution in [0.4, 0.5) is 0 Å². The molecule has 1 aliphatic carbocycles. The van der Waals surface area contributed by atoms with Gasteiger partial charge in [0.15, 0.2) is 0 Å². The summed E-state index contributed by atoms with van der Waals surface area (Å²) in [7, 11) is 0. The molecule has 19 heavy (non-hydrogen) atoms. The maximum atomic E-state index is 12.8. The Bertz CT molecular complexity index is 424. The van der Waals surface area contributed by atoms with Crippen molar-refractivity contribution in [1.29, 1.82) is 0 Å². The average Bonchev–Trinajstić information content (AvgIpc) is 3.21. The second kappa shape index (κ2) is 5.74. The van der Waals surface area contributed by atoms with Gasteiger partial charge in [0.2, 0.25) is 5.91 Å². The molecule has 0 aromatic heterocycles. The largest absolute Gasteiger partial charge is 0.396 e. The summed E-state index contributed by atoms with van der Waals surface area (Å²) < 4.78 is 0. The van der Waals surface area contributed by atoms with Gasteiger partial charge in [0.1, 0.15) is 0 Å². The van der Waals surface area contributed by atoms with Crippen molar-refractivity contribution in [1.82, 2.24) is 4.90 Å². The molecule has 0 saturated heterocycles. The fourth-order valence-corrected chi connectivity index (χ4v) is 2.62. The molecule has 0 heterocycles. The van der Waals surface area contributed by atoms with Gasteiger partial charge in [-0.1, -0.05) is 30.3 Å². The van der Waals surface area contributed by atoms with Gasteiger partial charge in [-0.3, -0.25) is 4.79 Å². The molecule has 1 amide bonds. The monoisotopic (exact) mass is 261 g/mol. The average molecular weight is 261 g/mol. The Hall–Kier alpha value is -1.35. The van der Waals surface area contributed by atoms with Gasteiger partial charge >= 0.3 is 0 Å². The predicted octanol–water partition coefficient (Wildman–Crippen LogP) is 2.34. The minimum Gasteiger partial charge on any atom is -0.396 e. The molecule has 1 saturated carbocycles. The van der Waals surface area contributed by atoms with Gasteiger partial charge in [-0.2, -0.15) is 0 Å². The fraction of sp³-hybridized carbons (Fsp3) is 0.562. The van der Waals surface area contributed by atoms with E-state index >= 15 is 0 Å². The van der Waals surface area contributed by atoms with E-state index in [4.69, 9.17) is 5.11 Å². The lowest BCUT2D eigenvalue weighted by atomic mass is 9.93. The Labute approximate surface area is 115 Å². The van der Waals surface area contributed by atoms with Crippen molar-refractivity contribution in [2.45, 2.75) is 44.6 Å². The number of carbonyl (C=O) groups excluding carboxylic acids is 1. The first-order valence-corrected chi connectivity index (χ1v) is 7.09. The van der Waals surface area contributed by atoms with Gasteiger partial charge in [-0.15, -0.1) is 0 Å². The second-order valence-electron chi connectivity index (χ2n) is 5.62.